The highest BCUT2D eigenvalue weighted by atomic mass is 35.5. The van der Waals surface area contributed by atoms with Crippen LogP contribution in [0.1, 0.15) is 26.3 Å². The highest BCUT2D eigenvalue weighted by Crippen LogP contribution is 2.17. The Labute approximate surface area is 137 Å². The van der Waals surface area contributed by atoms with Crippen LogP contribution in [0.4, 0.5) is 4.79 Å². The summed E-state index contributed by atoms with van der Waals surface area (Å²) in [5.74, 6) is 0. The SMILES string of the molecule is CN(Cc1ccccc1Cl)C(CN)CNC(=O)OC(C)(C)C. The van der Waals surface area contributed by atoms with Gasteiger partial charge in [0.1, 0.15) is 5.60 Å². The summed E-state index contributed by atoms with van der Waals surface area (Å²) in [6.45, 7) is 7.00. The first-order valence-corrected chi connectivity index (χ1v) is 7.71. The van der Waals surface area contributed by atoms with Crippen LogP contribution < -0.4 is 11.1 Å². The Morgan fingerprint density at radius 1 is 1.41 bits per heavy atom. The molecule has 1 amide bonds. The molecule has 0 radical (unpaired) electrons. The van der Waals surface area contributed by atoms with Crippen LogP contribution in [0.5, 0.6) is 0 Å². The minimum Gasteiger partial charge on any atom is -0.444 e. The van der Waals surface area contributed by atoms with Crippen molar-refractivity contribution in [1.82, 2.24) is 10.2 Å². The van der Waals surface area contributed by atoms with Crippen molar-refractivity contribution in [3.05, 3.63) is 34.9 Å². The van der Waals surface area contributed by atoms with E-state index in [0.717, 1.165) is 10.6 Å². The fraction of sp³-hybridized carbons (Fsp3) is 0.562. The molecule has 0 aliphatic heterocycles. The van der Waals surface area contributed by atoms with Crippen LogP contribution in [-0.2, 0) is 11.3 Å². The van der Waals surface area contributed by atoms with Gasteiger partial charge in [0, 0.05) is 30.7 Å². The fourth-order valence-electron chi connectivity index (χ4n) is 1.96. The predicted octanol–water partition coefficient (Wildman–Crippen LogP) is 2.62. The fourth-order valence-corrected chi connectivity index (χ4v) is 2.15. The maximum absolute atomic E-state index is 11.7. The van der Waals surface area contributed by atoms with Crippen molar-refractivity contribution in [1.29, 1.82) is 0 Å². The number of alkyl carbamates (subject to hydrolysis) is 1. The van der Waals surface area contributed by atoms with Crippen molar-refractivity contribution in [3.63, 3.8) is 0 Å². The van der Waals surface area contributed by atoms with E-state index in [2.05, 4.69) is 10.2 Å². The van der Waals surface area contributed by atoms with Crippen LogP contribution in [-0.4, -0.2) is 42.8 Å². The molecule has 0 saturated heterocycles. The molecule has 1 rings (SSSR count). The summed E-state index contributed by atoms with van der Waals surface area (Å²) in [5.41, 5.74) is 6.33. The number of carbonyl (C=O) groups excluding carboxylic acids is 1. The summed E-state index contributed by atoms with van der Waals surface area (Å²) >= 11 is 6.17. The molecule has 0 aliphatic rings. The van der Waals surface area contributed by atoms with Gasteiger partial charge in [-0.25, -0.2) is 4.79 Å². The zero-order chi connectivity index (χ0) is 16.8. The average molecular weight is 328 g/mol. The molecule has 5 nitrogen and oxygen atoms in total. The maximum Gasteiger partial charge on any atom is 0.407 e. The van der Waals surface area contributed by atoms with Gasteiger partial charge in [0.25, 0.3) is 0 Å². The van der Waals surface area contributed by atoms with E-state index in [-0.39, 0.29) is 6.04 Å². The number of hydrogen-bond acceptors (Lipinski definition) is 4. The minimum atomic E-state index is -0.508. The third-order valence-electron chi connectivity index (χ3n) is 3.15. The molecule has 0 saturated carbocycles. The van der Waals surface area contributed by atoms with E-state index in [1.54, 1.807) is 0 Å². The van der Waals surface area contributed by atoms with Crippen molar-refractivity contribution in [2.75, 3.05) is 20.1 Å². The van der Waals surface area contributed by atoms with E-state index < -0.39 is 11.7 Å². The van der Waals surface area contributed by atoms with Crippen molar-refractivity contribution in [2.45, 2.75) is 39.0 Å². The van der Waals surface area contributed by atoms with Gasteiger partial charge < -0.3 is 15.8 Å². The lowest BCUT2D eigenvalue weighted by molar-refractivity contribution is 0.0511. The summed E-state index contributed by atoms with van der Waals surface area (Å²) in [6.07, 6.45) is -0.433. The zero-order valence-corrected chi connectivity index (χ0v) is 14.5. The van der Waals surface area contributed by atoms with E-state index >= 15 is 0 Å². The molecule has 0 spiro atoms. The van der Waals surface area contributed by atoms with E-state index in [9.17, 15) is 4.79 Å². The van der Waals surface area contributed by atoms with Crippen LogP contribution in [0.25, 0.3) is 0 Å². The van der Waals surface area contributed by atoms with E-state index in [0.29, 0.717) is 19.6 Å². The molecule has 1 aromatic carbocycles. The molecular weight excluding hydrogens is 302 g/mol. The molecule has 3 N–H and O–H groups in total. The third-order valence-corrected chi connectivity index (χ3v) is 3.52. The molecule has 124 valence electrons. The highest BCUT2D eigenvalue weighted by molar-refractivity contribution is 6.31. The first-order chi connectivity index (χ1) is 10.2. The summed E-state index contributed by atoms with van der Waals surface area (Å²) < 4.78 is 5.22. The van der Waals surface area contributed by atoms with Gasteiger partial charge in [-0.05, 0) is 39.4 Å². The molecule has 1 atom stereocenters. The lowest BCUT2D eigenvalue weighted by atomic mass is 10.2. The normalized spacial score (nSPS) is 13.0. The van der Waals surface area contributed by atoms with Gasteiger partial charge in [-0.2, -0.15) is 0 Å². The second kappa shape index (κ2) is 8.36. The summed E-state index contributed by atoms with van der Waals surface area (Å²) in [5, 5.41) is 3.48. The van der Waals surface area contributed by atoms with E-state index in [4.69, 9.17) is 22.1 Å². The van der Waals surface area contributed by atoms with Gasteiger partial charge >= 0.3 is 6.09 Å². The molecule has 1 aromatic rings. The number of likely N-dealkylation sites (N-methyl/N-ethyl adjacent to an activating group) is 1. The van der Waals surface area contributed by atoms with Crippen molar-refractivity contribution in [3.8, 4) is 0 Å². The largest absolute Gasteiger partial charge is 0.444 e. The van der Waals surface area contributed by atoms with Gasteiger partial charge in [-0.3, -0.25) is 4.90 Å². The molecule has 0 fully saturated rings. The average Bonchev–Trinajstić information content (AvgIpc) is 2.40. The zero-order valence-electron chi connectivity index (χ0n) is 13.7. The summed E-state index contributed by atoms with van der Waals surface area (Å²) in [4.78, 5) is 13.8. The molecule has 0 aromatic heterocycles. The monoisotopic (exact) mass is 327 g/mol. The highest BCUT2D eigenvalue weighted by Gasteiger charge is 2.19. The quantitative estimate of drug-likeness (QED) is 0.843. The van der Waals surface area contributed by atoms with Crippen molar-refractivity contribution in [2.24, 2.45) is 5.73 Å². The number of amides is 1. The Bertz CT molecular complexity index is 489. The van der Waals surface area contributed by atoms with Gasteiger partial charge in [-0.1, -0.05) is 29.8 Å². The first kappa shape index (κ1) is 18.7. The smallest absolute Gasteiger partial charge is 0.407 e. The number of carbonyl (C=O) groups is 1. The lowest BCUT2D eigenvalue weighted by Gasteiger charge is -2.28. The molecule has 0 aliphatic carbocycles. The maximum atomic E-state index is 11.7. The standard InChI is InChI=1S/C16H26ClN3O2/c1-16(2,3)22-15(21)19-10-13(9-18)20(4)11-12-7-5-6-8-14(12)17/h5-8,13H,9-11,18H2,1-4H3,(H,19,21). The number of nitrogens with two attached hydrogens (primary N) is 1. The van der Waals surface area contributed by atoms with Gasteiger partial charge in [-0.15, -0.1) is 0 Å². The van der Waals surface area contributed by atoms with Gasteiger partial charge in [0.15, 0.2) is 0 Å². The Hall–Kier alpha value is -1.30. The lowest BCUT2D eigenvalue weighted by Crippen LogP contribution is -2.47. The number of halogens is 1. The predicted molar refractivity (Wildman–Crippen MR) is 90.0 cm³/mol. The second-order valence-electron chi connectivity index (χ2n) is 6.28. The molecule has 0 heterocycles. The molecule has 6 heteroatoms. The second-order valence-corrected chi connectivity index (χ2v) is 6.69. The van der Waals surface area contributed by atoms with E-state index in [1.807, 2.05) is 52.1 Å². The molecule has 22 heavy (non-hydrogen) atoms. The topological polar surface area (TPSA) is 67.6 Å². The number of nitrogens with zero attached hydrogens (tertiary/aromatic N) is 1. The van der Waals surface area contributed by atoms with Crippen LogP contribution in [0.15, 0.2) is 24.3 Å². The van der Waals surface area contributed by atoms with Crippen LogP contribution >= 0.6 is 11.6 Å². The van der Waals surface area contributed by atoms with Crippen molar-refractivity contribution >= 4 is 17.7 Å². The molecule has 0 bridgehead atoms. The Morgan fingerprint density at radius 2 is 2.05 bits per heavy atom. The first-order valence-electron chi connectivity index (χ1n) is 7.33. The number of hydrogen-bond donors (Lipinski definition) is 2. The van der Waals surface area contributed by atoms with Gasteiger partial charge in [0.2, 0.25) is 0 Å². The number of benzene rings is 1. The number of nitrogens with one attached hydrogen (secondary N) is 1. The van der Waals surface area contributed by atoms with Crippen LogP contribution in [0.2, 0.25) is 5.02 Å². The Morgan fingerprint density at radius 3 is 2.59 bits per heavy atom. The Kier molecular flexibility index (Phi) is 7.13. The summed E-state index contributed by atoms with van der Waals surface area (Å²) in [6, 6.07) is 7.69. The number of ether oxygens (including phenoxy) is 1. The summed E-state index contributed by atoms with van der Waals surface area (Å²) in [7, 11) is 1.96. The van der Waals surface area contributed by atoms with Crippen molar-refractivity contribution < 1.29 is 9.53 Å². The Balaban J connectivity index is 2.53. The minimum absolute atomic E-state index is 0.00351. The van der Waals surface area contributed by atoms with Crippen LogP contribution in [0, 0.1) is 0 Å². The van der Waals surface area contributed by atoms with Crippen LogP contribution in [0.3, 0.4) is 0 Å². The number of rotatable bonds is 6. The molecular formula is C16H26ClN3O2. The molecule has 1 unspecified atom stereocenters. The van der Waals surface area contributed by atoms with E-state index in [1.165, 1.54) is 0 Å². The third kappa shape index (κ3) is 6.64. The van der Waals surface area contributed by atoms with Gasteiger partial charge in [0.05, 0.1) is 0 Å².